The Morgan fingerprint density at radius 3 is 2.19 bits per heavy atom. The Kier molecular flexibility index (Phi) is 4.52. The third kappa shape index (κ3) is 2.94. The number of allylic oxidation sites excluding steroid dienone is 1. The molecule has 1 aliphatic heterocycles. The van der Waals surface area contributed by atoms with Crippen LogP contribution < -0.4 is 0 Å². The summed E-state index contributed by atoms with van der Waals surface area (Å²) in [5.41, 5.74) is 1.12. The number of ether oxygens (including phenoxy) is 1. The van der Waals surface area contributed by atoms with E-state index in [2.05, 4.69) is 0 Å². The smallest absolute Gasteiger partial charge is 0.270 e. The minimum absolute atomic E-state index is 0.0717. The second-order valence-corrected chi connectivity index (χ2v) is 7.55. The predicted molar refractivity (Wildman–Crippen MR) is 114 cm³/mol. The maximum atomic E-state index is 13.4. The van der Waals surface area contributed by atoms with E-state index in [0.717, 1.165) is 0 Å². The van der Waals surface area contributed by atoms with Gasteiger partial charge in [0.2, 0.25) is 11.6 Å². The van der Waals surface area contributed by atoms with Crippen LogP contribution in [0, 0.1) is 10.1 Å². The fraction of sp³-hybridized carbons (Fsp3) is 0.0800. The molecule has 0 bridgehead atoms. The Bertz CT molecular complexity index is 1340. The maximum absolute atomic E-state index is 13.4. The summed E-state index contributed by atoms with van der Waals surface area (Å²) in [4.78, 5) is 50.5. The van der Waals surface area contributed by atoms with Crippen molar-refractivity contribution in [2.24, 2.45) is 0 Å². The van der Waals surface area contributed by atoms with Crippen molar-refractivity contribution in [3.05, 3.63) is 123 Å². The van der Waals surface area contributed by atoms with Crippen molar-refractivity contribution >= 4 is 23.0 Å². The van der Waals surface area contributed by atoms with Crippen LogP contribution in [0.25, 0.3) is 0 Å². The number of rotatable bonds is 4. The third-order valence-electron chi connectivity index (χ3n) is 5.73. The van der Waals surface area contributed by atoms with Crippen LogP contribution in [0.4, 0.5) is 5.69 Å². The molecule has 32 heavy (non-hydrogen) atoms. The molecule has 3 aromatic rings. The van der Waals surface area contributed by atoms with Gasteiger partial charge >= 0.3 is 0 Å². The minimum atomic E-state index is -1.20. The Labute approximate surface area is 182 Å². The van der Waals surface area contributed by atoms with Crippen LogP contribution in [0.2, 0.25) is 0 Å². The first kappa shape index (κ1) is 19.6. The number of hydrogen-bond acceptors (Lipinski definition) is 6. The SMILES string of the molecule is O=C1C2=C(C(=O)c3ccccc31)[C@@H](c1ccccc1)[C@H](C(=O)c1cccc([N+](=O)[O-])c1)O2. The summed E-state index contributed by atoms with van der Waals surface area (Å²) in [6.45, 7) is 0. The quantitative estimate of drug-likeness (QED) is 0.351. The molecule has 1 aliphatic carbocycles. The van der Waals surface area contributed by atoms with Gasteiger partial charge in [0.15, 0.2) is 17.6 Å². The molecule has 156 valence electrons. The van der Waals surface area contributed by atoms with Crippen LogP contribution in [0.15, 0.2) is 90.2 Å². The first-order valence-electron chi connectivity index (χ1n) is 9.90. The lowest BCUT2D eigenvalue weighted by molar-refractivity contribution is -0.384. The van der Waals surface area contributed by atoms with Crippen molar-refractivity contribution in [1.82, 2.24) is 0 Å². The summed E-state index contributed by atoms with van der Waals surface area (Å²) in [5.74, 6) is -2.31. The minimum Gasteiger partial charge on any atom is -0.477 e. The number of carbonyl (C=O) groups excluding carboxylic acids is 3. The van der Waals surface area contributed by atoms with Crippen molar-refractivity contribution in [2.45, 2.75) is 12.0 Å². The van der Waals surface area contributed by atoms with E-state index in [1.165, 1.54) is 24.3 Å². The van der Waals surface area contributed by atoms with E-state index in [9.17, 15) is 24.5 Å². The summed E-state index contributed by atoms with van der Waals surface area (Å²) in [7, 11) is 0. The van der Waals surface area contributed by atoms with E-state index >= 15 is 0 Å². The first-order valence-corrected chi connectivity index (χ1v) is 9.90. The Hall–Kier alpha value is -4.39. The summed E-state index contributed by atoms with van der Waals surface area (Å²) in [5, 5.41) is 11.2. The standard InChI is InChI=1S/C25H15NO6/c27-21(15-9-6-10-16(13-15)26(30)31)24-19(14-7-2-1-3-8-14)20-22(28)17-11-4-5-12-18(17)23(29)25(20)32-24/h1-13,19,24H/t19-,24-/m1/s1. The molecule has 0 amide bonds. The van der Waals surface area contributed by atoms with Gasteiger partial charge in [-0.15, -0.1) is 0 Å². The van der Waals surface area contributed by atoms with Crippen LogP contribution in [0.1, 0.15) is 42.6 Å². The van der Waals surface area contributed by atoms with E-state index in [4.69, 9.17) is 4.74 Å². The molecule has 0 saturated heterocycles. The van der Waals surface area contributed by atoms with Gasteiger partial charge < -0.3 is 4.74 Å². The van der Waals surface area contributed by atoms with E-state index in [1.54, 1.807) is 54.6 Å². The van der Waals surface area contributed by atoms with Crippen LogP contribution in [0.3, 0.4) is 0 Å². The van der Waals surface area contributed by atoms with Crippen molar-refractivity contribution in [1.29, 1.82) is 0 Å². The Balaban J connectivity index is 1.64. The highest BCUT2D eigenvalue weighted by Gasteiger charge is 2.50. The van der Waals surface area contributed by atoms with Crippen molar-refractivity contribution < 1.29 is 24.0 Å². The van der Waals surface area contributed by atoms with E-state index in [-0.39, 0.29) is 39.5 Å². The lowest BCUT2D eigenvalue weighted by Crippen LogP contribution is -2.28. The van der Waals surface area contributed by atoms with Crippen LogP contribution in [-0.2, 0) is 4.74 Å². The maximum Gasteiger partial charge on any atom is 0.270 e. The van der Waals surface area contributed by atoms with Gasteiger partial charge in [0.1, 0.15) is 0 Å². The molecule has 0 saturated carbocycles. The largest absolute Gasteiger partial charge is 0.477 e. The summed E-state index contributed by atoms with van der Waals surface area (Å²) < 4.78 is 5.88. The second kappa shape index (κ2) is 7.39. The number of Topliss-reactive ketones (excluding diaryl/α,β-unsaturated/α-hetero) is 3. The molecule has 5 rings (SSSR count). The molecular weight excluding hydrogens is 410 g/mol. The zero-order valence-electron chi connectivity index (χ0n) is 16.6. The number of hydrogen-bond donors (Lipinski definition) is 0. The van der Waals surface area contributed by atoms with Gasteiger partial charge in [-0.1, -0.05) is 66.7 Å². The highest BCUT2D eigenvalue weighted by molar-refractivity contribution is 6.27. The van der Waals surface area contributed by atoms with Crippen LogP contribution >= 0.6 is 0 Å². The molecular formula is C25H15NO6. The second-order valence-electron chi connectivity index (χ2n) is 7.55. The van der Waals surface area contributed by atoms with Crippen molar-refractivity contribution in [3.8, 4) is 0 Å². The van der Waals surface area contributed by atoms with Gasteiger partial charge in [0.25, 0.3) is 5.69 Å². The van der Waals surface area contributed by atoms with Gasteiger partial charge in [0.05, 0.1) is 16.4 Å². The monoisotopic (exact) mass is 425 g/mol. The number of nitro groups is 1. The molecule has 1 heterocycles. The van der Waals surface area contributed by atoms with Crippen LogP contribution in [-0.4, -0.2) is 28.4 Å². The lowest BCUT2D eigenvalue weighted by atomic mass is 9.78. The average Bonchev–Trinajstić information content (AvgIpc) is 3.24. The molecule has 7 nitrogen and oxygen atoms in total. The molecule has 7 heteroatoms. The number of benzene rings is 3. The fourth-order valence-electron chi connectivity index (χ4n) is 4.26. The van der Waals surface area contributed by atoms with E-state index < -0.39 is 28.5 Å². The molecule has 0 radical (unpaired) electrons. The fourth-order valence-corrected chi connectivity index (χ4v) is 4.26. The summed E-state index contributed by atoms with van der Waals surface area (Å²) >= 11 is 0. The highest BCUT2D eigenvalue weighted by Crippen LogP contribution is 2.45. The Morgan fingerprint density at radius 1 is 0.844 bits per heavy atom. The molecule has 2 aliphatic rings. The normalized spacial score (nSPS) is 19.2. The van der Waals surface area contributed by atoms with Crippen molar-refractivity contribution in [2.75, 3.05) is 0 Å². The van der Waals surface area contributed by atoms with E-state index in [0.29, 0.717) is 5.56 Å². The van der Waals surface area contributed by atoms with Gasteiger partial charge in [-0.3, -0.25) is 24.5 Å². The predicted octanol–water partition coefficient (Wildman–Crippen LogP) is 4.29. The summed E-state index contributed by atoms with van der Waals surface area (Å²) in [6, 6.07) is 20.6. The molecule has 0 aromatic heterocycles. The Morgan fingerprint density at radius 2 is 1.50 bits per heavy atom. The zero-order valence-corrected chi connectivity index (χ0v) is 16.6. The van der Waals surface area contributed by atoms with Crippen molar-refractivity contribution in [3.63, 3.8) is 0 Å². The number of fused-ring (bicyclic) bond motifs is 1. The molecule has 2 atom stereocenters. The molecule has 0 unspecified atom stereocenters. The number of nitrogens with zero attached hydrogens (tertiary/aromatic N) is 1. The average molecular weight is 425 g/mol. The van der Waals surface area contributed by atoms with Gasteiger partial charge in [0, 0.05) is 28.8 Å². The summed E-state index contributed by atoms with van der Waals surface area (Å²) in [6.07, 6.45) is -1.20. The number of non-ortho nitro benzene ring substituents is 1. The molecule has 0 spiro atoms. The number of nitro benzene ring substituents is 1. The van der Waals surface area contributed by atoms with Gasteiger partial charge in [-0.05, 0) is 5.56 Å². The zero-order chi connectivity index (χ0) is 22.4. The first-order chi connectivity index (χ1) is 15.5. The van der Waals surface area contributed by atoms with Gasteiger partial charge in [-0.2, -0.15) is 0 Å². The topological polar surface area (TPSA) is 104 Å². The van der Waals surface area contributed by atoms with Crippen LogP contribution in [0.5, 0.6) is 0 Å². The highest BCUT2D eigenvalue weighted by atomic mass is 16.6. The number of ketones is 3. The van der Waals surface area contributed by atoms with E-state index in [1.807, 2.05) is 0 Å². The molecule has 3 aromatic carbocycles. The lowest BCUT2D eigenvalue weighted by Gasteiger charge is -2.20. The van der Waals surface area contributed by atoms with Gasteiger partial charge in [-0.25, -0.2) is 0 Å². The molecule has 0 N–H and O–H groups in total. The molecule has 0 fully saturated rings. The third-order valence-corrected chi connectivity index (χ3v) is 5.73. The number of carbonyl (C=O) groups is 3.